The van der Waals surface area contributed by atoms with Crippen LogP contribution in [-0.4, -0.2) is 56.4 Å². The molecule has 0 aliphatic rings. The fourth-order valence-corrected chi connectivity index (χ4v) is 0.982. The monoisotopic (exact) mass is 175 g/mol. The molecule has 0 saturated heterocycles. The van der Waals surface area contributed by atoms with Gasteiger partial charge in [0.2, 0.25) is 0 Å². The zero-order valence-electron chi connectivity index (χ0n) is 8.08. The zero-order valence-corrected chi connectivity index (χ0v) is 8.08. The highest BCUT2D eigenvalue weighted by Crippen LogP contribution is 1.83. The molecule has 0 aromatic heterocycles. The van der Waals surface area contributed by atoms with Gasteiger partial charge in [-0.1, -0.05) is 0 Å². The molecule has 0 rings (SSSR count). The van der Waals surface area contributed by atoms with Crippen LogP contribution in [0.25, 0.3) is 0 Å². The smallest absolute Gasteiger partial charge is 0.0791 e. The maximum atomic E-state index is 9.38. The third-order valence-electron chi connectivity index (χ3n) is 1.51. The number of likely N-dealkylation sites (N-methyl/N-ethyl adjacent to an activating group) is 1. The van der Waals surface area contributed by atoms with Gasteiger partial charge in [0.1, 0.15) is 0 Å². The molecule has 0 aliphatic carbocycles. The molecule has 0 amide bonds. The van der Waals surface area contributed by atoms with E-state index < -0.39 is 0 Å². The first-order chi connectivity index (χ1) is 5.66. The van der Waals surface area contributed by atoms with Crippen molar-refractivity contribution in [3.05, 3.63) is 0 Å². The van der Waals surface area contributed by atoms with Crippen LogP contribution >= 0.6 is 0 Å². The Morgan fingerprint density at radius 3 is 2.67 bits per heavy atom. The standard InChI is InChI=1S/C8H21N3O/c1-11(2)7-8(12)6-10-5-3-4-9/h8,10,12H,3-7,9H2,1-2H3. The van der Waals surface area contributed by atoms with Crippen molar-refractivity contribution >= 4 is 0 Å². The summed E-state index contributed by atoms with van der Waals surface area (Å²) in [7, 11) is 3.90. The molecule has 0 aromatic rings. The summed E-state index contributed by atoms with van der Waals surface area (Å²) >= 11 is 0. The number of nitrogens with zero attached hydrogens (tertiary/aromatic N) is 1. The van der Waals surface area contributed by atoms with Gasteiger partial charge in [-0.05, 0) is 33.6 Å². The van der Waals surface area contributed by atoms with E-state index >= 15 is 0 Å². The predicted molar refractivity (Wildman–Crippen MR) is 51.1 cm³/mol. The second-order valence-corrected chi connectivity index (χ2v) is 3.26. The Morgan fingerprint density at radius 2 is 2.17 bits per heavy atom. The largest absolute Gasteiger partial charge is 0.390 e. The molecular weight excluding hydrogens is 154 g/mol. The van der Waals surface area contributed by atoms with Gasteiger partial charge >= 0.3 is 0 Å². The molecule has 0 aliphatic heterocycles. The maximum absolute atomic E-state index is 9.38. The van der Waals surface area contributed by atoms with Crippen molar-refractivity contribution in [1.29, 1.82) is 0 Å². The second-order valence-electron chi connectivity index (χ2n) is 3.26. The number of rotatable bonds is 7. The van der Waals surface area contributed by atoms with Crippen molar-refractivity contribution in [2.24, 2.45) is 5.73 Å². The Labute approximate surface area is 74.7 Å². The molecule has 0 heterocycles. The van der Waals surface area contributed by atoms with Gasteiger partial charge < -0.3 is 21.1 Å². The SMILES string of the molecule is CN(C)CC(O)CNCCCN. The first-order valence-corrected chi connectivity index (χ1v) is 4.40. The first kappa shape index (κ1) is 11.8. The van der Waals surface area contributed by atoms with E-state index in [2.05, 4.69) is 5.32 Å². The van der Waals surface area contributed by atoms with Crippen LogP contribution in [-0.2, 0) is 0 Å². The van der Waals surface area contributed by atoms with Crippen molar-refractivity contribution in [2.45, 2.75) is 12.5 Å². The van der Waals surface area contributed by atoms with E-state index in [-0.39, 0.29) is 6.10 Å². The second kappa shape index (κ2) is 7.49. The average Bonchev–Trinajstić information content (AvgIpc) is 1.97. The van der Waals surface area contributed by atoms with Gasteiger partial charge in [-0.3, -0.25) is 0 Å². The lowest BCUT2D eigenvalue weighted by Gasteiger charge is -2.16. The van der Waals surface area contributed by atoms with Crippen molar-refractivity contribution in [3.8, 4) is 0 Å². The summed E-state index contributed by atoms with van der Waals surface area (Å²) in [6.45, 7) is 2.95. The van der Waals surface area contributed by atoms with Gasteiger partial charge in [0.25, 0.3) is 0 Å². The van der Waals surface area contributed by atoms with Crippen molar-refractivity contribution in [3.63, 3.8) is 0 Å². The first-order valence-electron chi connectivity index (χ1n) is 4.40. The van der Waals surface area contributed by atoms with Crippen LogP contribution in [0.3, 0.4) is 0 Å². The minimum Gasteiger partial charge on any atom is -0.390 e. The molecule has 0 spiro atoms. The minimum absolute atomic E-state index is 0.280. The van der Waals surface area contributed by atoms with E-state index in [9.17, 15) is 5.11 Å². The van der Waals surface area contributed by atoms with Crippen LogP contribution in [0.4, 0.5) is 0 Å². The average molecular weight is 175 g/mol. The minimum atomic E-state index is -0.280. The van der Waals surface area contributed by atoms with Crippen LogP contribution in [0.15, 0.2) is 0 Å². The van der Waals surface area contributed by atoms with Crippen LogP contribution in [0.2, 0.25) is 0 Å². The summed E-state index contributed by atoms with van der Waals surface area (Å²) in [4.78, 5) is 1.97. The number of nitrogens with two attached hydrogens (primary N) is 1. The summed E-state index contributed by atoms with van der Waals surface area (Å²) < 4.78 is 0. The fourth-order valence-electron chi connectivity index (χ4n) is 0.982. The Bertz CT molecular complexity index is 98.3. The van der Waals surface area contributed by atoms with Gasteiger partial charge in [0.05, 0.1) is 6.10 Å². The summed E-state index contributed by atoms with van der Waals surface area (Å²) in [5, 5.41) is 12.5. The Balaban J connectivity index is 3.14. The van der Waals surface area contributed by atoms with Crippen LogP contribution < -0.4 is 11.1 Å². The van der Waals surface area contributed by atoms with E-state index in [0.29, 0.717) is 19.6 Å². The highest BCUT2D eigenvalue weighted by atomic mass is 16.3. The van der Waals surface area contributed by atoms with Crippen molar-refractivity contribution in [1.82, 2.24) is 10.2 Å². The van der Waals surface area contributed by atoms with Crippen LogP contribution in [0, 0.1) is 0 Å². The van der Waals surface area contributed by atoms with E-state index in [1.165, 1.54) is 0 Å². The Hall–Kier alpha value is -0.160. The van der Waals surface area contributed by atoms with Crippen LogP contribution in [0.1, 0.15) is 6.42 Å². The van der Waals surface area contributed by atoms with Gasteiger partial charge in [0, 0.05) is 13.1 Å². The maximum Gasteiger partial charge on any atom is 0.0791 e. The van der Waals surface area contributed by atoms with E-state index in [1.54, 1.807) is 0 Å². The number of aliphatic hydroxyl groups is 1. The van der Waals surface area contributed by atoms with Crippen molar-refractivity contribution < 1.29 is 5.11 Å². The summed E-state index contributed by atoms with van der Waals surface area (Å²) in [5.74, 6) is 0. The normalized spacial score (nSPS) is 13.8. The van der Waals surface area contributed by atoms with Gasteiger partial charge in [-0.2, -0.15) is 0 Å². The molecule has 0 radical (unpaired) electrons. The molecule has 0 bridgehead atoms. The lowest BCUT2D eigenvalue weighted by molar-refractivity contribution is 0.135. The molecule has 0 fully saturated rings. The summed E-state index contributed by atoms with van der Waals surface area (Å²) in [5.41, 5.74) is 5.32. The molecule has 12 heavy (non-hydrogen) atoms. The summed E-state index contributed by atoms with van der Waals surface area (Å²) in [6, 6.07) is 0. The van der Waals surface area contributed by atoms with E-state index in [1.807, 2.05) is 19.0 Å². The molecule has 4 heteroatoms. The third kappa shape index (κ3) is 7.94. The fraction of sp³-hybridized carbons (Fsp3) is 1.00. The molecule has 0 saturated carbocycles. The molecule has 4 nitrogen and oxygen atoms in total. The predicted octanol–water partition coefficient (Wildman–Crippen LogP) is -1.15. The van der Waals surface area contributed by atoms with E-state index in [0.717, 1.165) is 13.0 Å². The lowest BCUT2D eigenvalue weighted by atomic mass is 10.3. The third-order valence-corrected chi connectivity index (χ3v) is 1.51. The molecule has 1 atom stereocenters. The lowest BCUT2D eigenvalue weighted by Crippen LogP contribution is -2.35. The molecular formula is C8H21N3O. The zero-order chi connectivity index (χ0) is 9.40. The molecule has 74 valence electrons. The summed E-state index contributed by atoms with van der Waals surface area (Å²) in [6.07, 6.45) is 0.687. The Morgan fingerprint density at radius 1 is 1.50 bits per heavy atom. The number of nitrogens with one attached hydrogen (secondary N) is 1. The van der Waals surface area contributed by atoms with Gasteiger partial charge in [-0.15, -0.1) is 0 Å². The highest BCUT2D eigenvalue weighted by molar-refractivity contribution is 4.61. The Kier molecular flexibility index (Phi) is 7.39. The number of hydrogen-bond donors (Lipinski definition) is 3. The molecule has 1 unspecified atom stereocenters. The van der Waals surface area contributed by atoms with E-state index in [4.69, 9.17) is 5.73 Å². The van der Waals surface area contributed by atoms with Crippen LogP contribution in [0.5, 0.6) is 0 Å². The molecule has 4 N–H and O–H groups in total. The van der Waals surface area contributed by atoms with Gasteiger partial charge in [0.15, 0.2) is 0 Å². The van der Waals surface area contributed by atoms with Crippen molar-refractivity contribution in [2.75, 3.05) is 40.3 Å². The molecule has 0 aromatic carbocycles. The quantitative estimate of drug-likeness (QED) is 0.427. The highest BCUT2D eigenvalue weighted by Gasteiger charge is 2.03. The number of hydrogen-bond acceptors (Lipinski definition) is 4. The van der Waals surface area contributed by atoms with Gasteiger partial charge in [-0.25, -0.2) is 0 Å². The number of aliphatic hydroxyl groups excluding tert-OH is 1. The topological polar surface area (TPSA) is 61.5 Å².